The predicted octanol–water partition coefficient (Wildman–Crippen LogP) is 5.13. The van der Waals surface area contributed by atoms with Gasteiger partial charge in [0.25, 0.3) is 0 Å². The van der Waals surface area contributed by atoms with Crippen LogP contribution in [0.4, 0.5) is 0 Å². The lowest BCUT2D eigenvalue weighted by Crippen LogP contribution is -2.53. The van der Waals surface area contributed by atoms with Gasteiger partial charge in [0.2, 0.25) is 0 Å². The van der Waals surface area contributed by atoms with Crippen molar-refractivity contribution in [3.05, 3.63) is 12.2 Å². The summed E-state index contributed by atoms with van der Waals surface area (Å²) in [6.45, 7) is 10.6. The molecule has 0 amide bonds. The van der Waals surface area contributed by atoms with Crippen molar-refractivity contribution >= 4 is 11.9 Å². The Morgan fingerprint density at radius 1 is 1.04 bits per heavy atom. The zero-order valence-corrected chi connectivity index (χ0v) is 15.9. The van der Waals surface area contributed by atoms with Crippen LogP contribution in [0.1, 0.15) is 79.6 Å². The first-order valence-corrected chi connectivity index (χ1v) is 9.12. The van der Waals surface area contributed by atoms with Crippen LogP contribution in [0.25, 0.3) is 0 Å². The van der Waals surface area contributed by atoms with Crippen molar-refractivity contribution in [2.24, 2.45) is 22.2 Å². The van der Waals surface area contributed by atoms with Crippen molar-refractivity contribution in [2.75, 3.05) is 0 Å². The van der Waals surface area contributed by atoms with Crippen LogP contribution in [-0.2, 0) is 9.59 Å². The van der Waals surface area contributed by atoms with E-state index in [4.69, 9.17) is 0 Å². The molecule has 0 spiro atoms. The minimum absolute atomic E-state index is 0.190. The van der Waals surface area contributed by atoms with E-state index < -0.39 is 22.8 Å². The second-order valence-corrected chi connectivity index (χ2v) is 8.81. The van der Waals surface area contributed by atoms with Gasteiger partial charge in [-0.1, -0.05) is 53.2 Å². The summed E-state index contributed by atoms with van der Waals surface area (Å²) in [6, 6.07) is 0. The molecule has 4 nitrogen and oxygen atoms in total. The van der Waals surface area contributed by atoms with Gasteiger partial charge < -0.3 is 10.2 Å². The van der Waals surface area contributed by atoms with Gasteiger partial charge in [-0.3, -0.25) is 9.59 Å². The Labute approximate surface area is 146 Å². The average Bonchev–Trinajstić information content (AvgIpc) is 2.44. The number of hydrogen-bond acceptors (Lipinski definition) is 2. The van der Waals surface area contributed by atoms with Crippen LogP contribution in [0, 0.1) is 22.2 Å². The van der Waals surface area contributed by atoms with E-state index in [0.717, 1.165) is 12.8 Å². The first-order valence-electron chi connectivity index (χ1n) is 9.12. The molecule has 4 heteroatoms. The molecule has 0 aromatic heterocycles. The number of hydrogen-bond donors (Lipinski definition) is 2. The number of carbonyl (C=O) groups is 2. The van der Waals surface area contributed by atoms with Gasteiger partial charge in [0.1, 0.15) is 0 Å². The number of aliphatic carboxylic acids is 2. The fourth-order valence-corrected chi connectivity index (χ4v) is 4.51. The van der Waals surface area contributed by atoms with Gasteiger partial charge in [0, 0.05) is 0 Å². The molecule has 0 aliphatic heterocycles. The SMILES string of the molecule is CCCC1(C(=O)O)CC=CCC1(CCC(C)CC(C)(C)C)C(=O)O. The van der Waals surface area contributed by atoms with E-state index in [1.807, 2.05) is 19.1 Å². The van der Waals surface area contributed by atoms with E-state index in [1.54, 1.807) is 0 Å². The summed E-state index contributed by atoms with van der Waals surface area (Å²) in [4.78, 5) is 24.4. The third kappa shape index (κ3) is 4.20. The maximum Gasteiger partial charge on any atom is 0.311 e. The molecule has 0 radical (unpaired) electrons. The van der Waals surface area contributed by atoms with E-state index in [2.05, 4.69) is 27.7 Å². The molecule has 0 bridgehead atoms. The van der Waals surface area contributed by atoms with Crippen LogP contribution < -0.4 is 0 Å². The van der Waals surface area contributed by atoms with Crippen LogP contribution in [0.2, 0.25) is 0 Å². The van der Waals surface area contributed by atoms with Gasteiger partial charge in [-0.25, -0.2) is 0 Å². The lowest BCUT2D eigenvalue weighted by Gasteiger charge is -2.47. The Kier molecular flexibility index (Phi) is 6.66. The number of carboxylic acid groups (broad SMARTS) is 2. The molecule has 0 fully saturated rings. The van der Waals surface area contributed by atoms with Gasteiger partial charge >= 0.3 is 11.9 Å². The molecule has 1 rings (SSSR count). The summed E-state index contributed by atoms with van der Waals surface area (Å²) in [5.74, 6) is -1.54. The number of carboxylic acids is 2. The summed E-state index contributed by atoms with van der Waals surface area (Å²) in [6.07, 6.45) is 7.61. The van der Waals surface area contributed by atoms with Crippen LogP contribution in [0.5, 0.6) is 0 Å². The molecule has 3 atom stereocenters. The summed E-state index contributed by atoms with van der Waals surface area (Å²) >= 11 is 0. The van der Waals surface area contributed by atoms with E-state index in [-0.39, 0.29) is 5.41 Å². The summed E-state index contributed by atoms with van der Waals surface area (Å²) in [7, 11) is 0. The van der Waals surface area contributed by atoms with Crippen LogP contribution in [0.3, 0.4) is 0 Å². The zero-order valence-electron chi connectivity index (χ0n) is 15.9. The topological polar surface area (TPSA) is 74.6 Å². The average molecular weight is 338 g/mol. The van der Waals surface area contributed by atoms with E-state index >= 15 is 0 Å². The highest BCUT2D eigenvalue weighted by atomic mass is 16.4. The molecule has 24 heavy (non-hydrogen) atoms. The molecule has 0 heterocycles. The maximum atomic E-state index is 12.3. The predicted molar refractivity (Wildman–Crippen MR) is 95.9 cm³/mol. The van der Waals surface area contributed by atoms with Crippen molar-refractivity contribution in [1.82, 2.24) is 0 Å². The van der Waals surface area contributed by atoms with Gasteiger partial charge in [-0.2, -0.15) is 0 Å². The Bertz CT molecular complexity index is 488. The Morgan fingerprint density at radius 2 is 1.50 bits per heavy atom. The molecule has 0 saturated carbocycles. The molecular formula is C20H34O4. The molecule has 1 aliphatic carbocycles. The minimum atomic E-state index is -1.20. The second-order valence-electron chi connectivity index (χ2n) is 8.81. The van der Waals surface area contributed by atoms with Crippen molar-refractivity contribution in [3.63, 3.8) is 0 Å². The quantitative estimate of drug-likeness (QED) is 0.602. The molecule has 0 aromatic carbocycles. The van der Waals surface area contributed by atoms with Crippen LogP contribution in [-0.4, -0.2) is 22.2 Å². The molecule has 3 unspecified atom stereocenters. The van der Waals surface area contributed by atoms with Gasteiger partial charge in [0.15, 0.2) is 0 Å². The summed E-state index contributed by atoms with van der Waals surface area (Å²) < 4.78 is 0. The van der Waals surface area contributed by atoms with E-state index in [0.29, 0.717) is 38.0 Å². The van der Waals surface area contributed by atoms with Gasteiger partial charge in [-0.05, 0) is 49.9 Å². The minimum Gasteiger partial charge on any atom is -0.481 e. The zero-order chi connectivity index (χ0) is 18.6. The molecule has 138 valence electrons. The monoisotopic (exact) mass is 338 g/mol. The molecule has 0 aromatic rings. The third-order valence-corrected chi connectivity index (χ3v) is 5.54. The standard InChI is InChI=1S/C20H34O4/c1-6-10-19(16(21)22)11-7-8-12-20(19,17(23)24)13-9-15(2)14-18(3,4)5/h7-8,15H,6,9-14H2,1-5H3,(H,21,22)(H,23,24). The van der Waals surface area contributed by atoms with Gasteiger partial charge in [0.05, 0.1) is 10.8 Å². The molecule has 1 aliphatic rings. The van der Waals surface area contributed by atoms with Gasteiger partial charge in [-0.15, -0.1) is 0 Å². The molecular weight excluding hydrogens is 304 g/mol. The van der Waals surface area contributed by atoms with Crippen LogP contribution in [0.15, 0.2) is 12.2 Å². The Hall–Kier alpha value is -1.32. The summed E-state index contributed by atoms with van der Waals surface area (Å²) in [5.41, 5.74) is -2.20. The van der Waals surface area contributed by atoms with E-state index in [1.165, 1.54) is 0 Å². The highest BCUT2D eigenvalue weighted by Gasteiger charge is 2.60. The highest BCUT2D eigenvalue weighted by Crippen LogP contribution is 2.55. The highest BCUT2D eigenvalue weighted by molar-refractivity contribution is 5.87. The first kappa shape index (κ1) is 20.7. The Morgan fingerprint density at radius 3 is 1.88 bits per heavy atom. The van der Waals surface area contributed by atoms with Crippen molar-refractivity contribution in [1.29, 1.82) is 0 Å². The van der Waals surface area contributed by atoms with Crippen LogP contribution >= 0.6 is 0 Å². The Balaban J connectivity index is 3.13. The largest absolute Gasteiger partial charge is 0.481 e. The lowest BCUT2D eigenvalue weighted by molar-refractivity contribution is -0.177. The fourth-order valence-electron chi connectivity index (χ4n) is 4.51. The lowest BCUT2D eigenvalue weighted by atomic mass is 9.53. The third-order valence-electron chi connectivity index (χ3n) is 5.54. The number of rotatable bonds is 8. The normalized spacial score (nSPS) is 28.5. The van der Waals surface area contributed by atoms with Crippen molar-refractivity contribution in [2.45, 2.75) is 79.6 Å². The number of allylic oxidation sites excluding steroid dienone is 2. The molecule has 2 N–H and O–H groups in total. The first-order chi connectivity index (χ1) is 11.0. The smallest absolute Gasteiger partial charge is 0.311 e. The fraction of sp³-hybridized carbons (Fsp3) is 0.800. The molecule has 0 saturated heterocycles. The van der Waals surface area contributed by atoms with Crippen molar-refractivity contribution < 1.29 is 19.8 Å². The summed E-state index contributed by atoms with van der Waals surface area (Å²) in [5, 5.41) is 20.0. The van der Waals surface area contributed by atoms with Crippen molar-refractivity contribution in [3.8, 4) is 0 Å². The van der Waals surface area contributed by atoms with E-state index in [9.17, 15) is 19.8 Å². The second kappa shape index (κ2) is 7.71. The maximum absolute atomic E-state index is 12.3.